The molecule has 0 aromatic rings. The van der Waals surface area contributed by atoms with Gasteiger partial charge in [-0.3, -0.25) is 14.4 Å². The van der Waals surface area contributed by atoms with Crippen molar-refractivity contribution in [3.63, 3.8) is 0 Å². The number of hydrogen-bond acceptors (Lipinski definition) is 6. The summed E-state index contributed by atoms with van der Waals surface area (Å²) in [5.41, 5.74) is 0. The van der Waals surface area contributed by atoms with E-state index in [0.29, 0.717) is 19.3 Å². The first-order valence-corrected chi connectivity index (χ1v) is 33.6. The van der Waals surface area contributed by atoms with Gasteiger partial charge in [0.2, 0.25) is 0 Å². The van der Waals surface area contributed by atoms with Crippen LogP contribution in [0.25, 0.3) is 0 Å². The number of carbonyl (C=O) groups is 3. The van der Waals surface area contributed by atoms with Gasteiger partial charge in [0.1, 0.15) is 13.2 Å². The lowest BCUT2D eigenvalue weighted by Crippen LogP contribution is -2.30. The lowest BCUT2D eigenvalue weighted by molar-refractivity contribution is -0.167. The monoisotopic (exact) mass is 1090 g/mol. The van der Waals surface area contributed by atoms with Crippen LogP contribution in [0.2, 0.25) is 0 Å². The molecular formula is C72H126O6. The Morgan fingerprint density at radius 3 is 0.782 bits per heavy atom. The Hall–Kier alpha value is -3.41. The second-order valence-electron chi connectivity index (χ2n) is 22.4. The summed E-state index contributed by atoms with van der Waals surface area (Å²) in [6.07, 6.45) is 87.4. The van der Waals surface area contributed by atoms with Gasteiger partial charge in [0.05, 0.1) is 0 Å². The highest BCUT2D eigenvalue weighted by Crippen LogP contribution is 2.17. The van der Waals surface area contributed by atoms with Crippen LogP contribution in [0.3, 0.4) is 0 Å². The van der Waals surface area contributed by atoms with E-state index in [0.717, 1.165) is 103 Å². The molecule has 0 aliphatic rings. The van der Waals surface area contributed by atoms with E-state index in [4.69, 9.17) is 14.2 Å². The molecule has 0 aliphatic heterocycles. The molecule has 0 amide bonds. The number of unbranched alkanes of at least 4 members (excludes halogenated alkanes) is 36. The van der Waals surface area contributed by atoms with E-state index in [9.17, 15) is 14.4 Å². The molecule has 1 atom stereocenters. The van der Waals surface area contributed by atoms with Gasteiger partial charge in [0.25, 0.3) is 0 Å². The number of ether oxygens (including phenoxy) is 3. The summed E-state index contributed by atoms with van der Waals surface area (Å²) in [7, 11) is 0. The molecule has 1 unspecified atom stereocenters. The van der Waals surface area contributed by atoms with Crippen molar-refractivity contribution in [1.29, 1.82) is 0 Å². The van der Waals surface area contributed by atoms with E-state index in [-0.39, 0.29) is 31.1 Å². The van der Waals surface area contributed by atoms with Crippen molar-refractivity contribution in [2.24, 2.45) is 0 Å². The van der Waals surface area contributed by atoms with Gasteiger partial charge in [-0.2, -0.15) is 0 Å². The lowest BCUT2D eigenvalue weighted by Gasteiger charge is -2.18. The topological polar surface area (TPSA) is 78.9 Å². The zero-order valence-electron chi connectivity index (χ0n) is 51.7. The summed E-state index contributed by atoms with van der Waals surface area (Å²) < 4.78 is 16.9. The van der Waals surface area contributed by atoms with Crippen LogP contribution in [0.15, 0.2) is 85.1 Å². The molecule has 0 N–H and O–H groups in total. The maximum absolute atomic E-state index is 12.9. The van der Waals surface area contributed by atoms with Crippen molar-refractivity contribution in [2.45, 2.75) is 341 Å². The fraction of sp³-hybridized carbons (Fsp3) is 0.764. The number of allylic oxidation sites excluding steroid dienone is 14. The lowest BCUT2D eigenvalue weighted by atomic mass is 10.0. The summed E-state index contributed by atoms with van der Waals surface area (Å²) >= 11 is 0. The molecule has 6 nitrogen and oxygen atoms in total. The SMILES string of the molecule is CC/C=C\C/C=C\C/C=C\C/C=C\C/C=C\C/C=C\C/C=C\CCCCCCCCCCCCCC(=O)OCC(COC(=O)CCCCCCCCCCCCCCC)OC(=O)CCCCCCCCCCCCCCCC. The van der Waals surface area contributed by atoms with Gasteiger partial charge in [0, 0.05) is 19.3 Å². The van der Waals surface area contributed by atoms with Gasteiger partial charge in [-0.1, -0.05) is 324 Å². The normalized spacial score (nSPS) is 12.6. The van der Waals surface area contributed by atoms with Crippen LogP contribution in [0, 0.1) is 0 Å². The Labute approximate surface area is 484 Å². The van der Waals surface area contributed by atoms with Crippen LogP contribution >= 0.6 is 0 Å². The minimum atomic E-state index is -0.773. The van der Waals surface area contributed by atoms with Crippen LogP contribution in [-0.4, -0.2) is 37.2 Å². The van der Waals surface area contributed by atoms with E-state index in [1.807, 2.05) is 0 Å². The largest absolute Gasteiger partial charge is 0.462 e. The predicted molar refractivity (Wildman–Crippen MR) is 339 cm³/mol. The van der Waals surface area contributed by atoms with E-state index < -0.39 is 6.10 Å². The van der Waals surface area contributed by atoms with Gasteiger partial charge < -0.3 is 14.2 Å². The van der Waals surface area contributed by atoms with Crippen molar-refractivity contribution < 1.29 is 28.6 Å². The van der Waals surface area contributed by atoms with Crippen molar-refractivity contribution in [2.75, 3.05) is 13.2 Å². The molecule has 0 aromatic carbocycles. The highest BCUT2D eigenvalue weighted by atomic mass is 16.6. The molecule has 0 heterocycles. The van der Waals surface area contributed by atoms with Gasteiger partial charge in [-0.15, -0.1) is 0 Å². The highest BCUT2D eigenvalue weighted by Gasteiger charge is 2.19. The Bertz CT molecular complexity index is 1480. The minimum absolute atomic E-state index is 0.0707. The van der Waals surface area contributed by atoms with Crippen molar-refractivity contribution in [1.82, 2.24) is 0 Å². The van der Waals surface area contributed by atoms with Gasteiger partial charge in [0.15, 0.2) is 6.10 Å². The van der Waals surface area contributed by atoms with Gasteiger partial charge in [-0.25, -0.2) is 0 Å². The predicted octanol–water partition coefficient (Wildman–Crippen LogP) is 23.1. The number of rotatable bonds is 61. The molecule has 0 radical (unpaired) electrons. The summed E-state index contributed by atoms with van der Waals surface area (Å²) in [6, 6.07) is 0. The molecular weight excluding hydrogens is 961 g/mol. The fourth-order valence-electron chi connectivity index (χ4n) is 9.66. The first kappa shape index (κ1) is 74.6. The summed E-state index contributed by atoms with van der Waals surface area (Å²) in [5.74, 6) is -0.856. The first-order valence-electron chi connectivity index (χ1n) is 33.6. The van der Waals surface area contributed by atoms with Crippen LogP contribution in [-0.2, 0) is 28.6 Å². The molecule has 78 heavy (non-hydrogen) atoms. The smallest absolute Gasteiger partial charge is 0.306 e. The van der Waals surface area contributed by atoms with Gasteiger partial charge >= 0.3 is 17.9 Å². The average Bonchev–Trinajstić information content (AvgIpc) is 3.44. The quantitative estimate of drug-likeness (QED) is 0.0261. The highest BCUT2D eigenvalue weighted by molar-refractivity contribution is 5.71. The maximum atomic E-state index is 12.9. The van der Waals surface area contributed by atoms with E-state index in [1.165, 1.54) is 193 Å². The first-order chi connectivity index (χ1) is 38.5. The second kappa shape index (κ2) is 66.1. The number of esters is 3. The zero-order valence-corrected chi connectivity index (χ0v) is 51.7. The third kappa shape index (κ3) is 63.4. The Morgan fingerprint density at radius 1 is 0.269 bits per heavy atom. The molecule has 0 saturated carbocycles. The molecule has 0 rings (SSSR count). The standard InChI is InChI=1S/C72H126O6/c1-4-7-10-13-16-19-22-25-27-28-29-30-31-32-33-34-35-36-37-38-39-40-41-42-43-44-45-48-50-53-56-59-62-65-71(74)77-68-69(67-76-70(73)64-61-58-55-52-49-46-24-21-18-15-12-9-6-3)78-72(75)66-63-60-57-54-51-47-26-23-20-17-14-11-8-5-2/h7,10,16,19,25,27,29-30,32-33,35-36,38-39,69H,4-6,8-9,11-15,17-18,20-24,26,28,31,34,37,40-68H2,1-3H3/b10-7-,19-16-,27-25-,30-29-,33-32-,36-35-,39-38-. The number of carbonyl (C=O) groups excluding carboxylic acids is 3. The molecule has 450 valence electrons. The Kier molecular flexibility index (Phi) is 63.2. The molecule has 6 heteroatoms. The van der Waals surface area contributed by atoms with Crippen LogP contribution in [0.4, 0.5) is 0 Å². The Balaban J connectivity index is 4.18. The van der Waals surface area contributed by atoms with Crippen molar-refractivity contribution in [3.8, 4) is 0 Å². The number of hydrogen-bond donors (Lipinski definition) is 0. The maximum Gasteiger partial charge on any atom is 0.306 e. The molecule has 0 saturated heterocycles. The van der Waals surface area contributed by atoms with E-state index in [1.54, 1.807) is 0 Å². The third-order valence-electron chi connectivity index (χ3n) is 14.7. The molecule has 0 spiro atoms. The van der Waals surface area contributed by atoms with E-state index in [2.05, 4.69) is 106 Å². The van der Waals surface area contributed by atoms with Crippen LogP contribution in [0.1, 0.15) is 335 Å². The van der Waals surface area contributed by atoms with E-state index >= 15 is 0 Å². The van der Waals surface area contributed by atoms with Crippen LogP contribution in [0.5, 0.6) is 0 Å². The second-order valence-corrected chi connectivity index (χ2v) is 22.4. The minimum Gasteiger partial charge on any atom is -0.462 e. The molecule has 0 aromatic heterocycles. The van der Waals surface area contributed by atoms with Crippen molar-refractivity contribution in [3.05, 3.63) is 85.1 Å². The molecule has 0 bridgehead atoms. The summed E-state index contributed by atoms with van der Waals surface area (Å²) in [6.45, 7) is 6.56. The molecule has 0 fully saturated rings. The summed E-state index contributed by atoms with van der Waals surface area (Å²) in [4.78, 5) is 38.3. The Morgan fingerprint density at radius 2 is 0.500 bits per heavy atom. The average molecular weight is 1090 g/mol. The fourth-order valence-corrected chi connectivity index (χ4v) is 9.66. The third-order valence-corrected chi connectivity index (χ3v) is 14.7. The zero-order chi connectivity index (χ0) is 56.4. The van der Waals surface area contributed by atoms with Crippen molar-refractivity contribution >= 4 is 17.9 Å². The van der Waals surface area contributed by atoms with Gasteiger partial charge in [-0.05, 0) is 77.0 Å². The van der Waals surface area contributed by atoms with Crippen LogP contribution < -0.4 is 0 Å². The summed E-state index contributed by atoms with van der Waals surface area (Å²) in [5, 5.41) is 0. The molecule has 0 aliphatic carbocycles.